The zero-order valence-electron chi connectivity index (χ0n) is 17.1. The number of hydrogen-bond donors (Lipinski definition) is 1. The summed E-state index contributed by atoms with van der Waals surface area (Å²) in [6.07, 6.45) is 2.22. The lowest BCUT2D eigenvalue weighted by Gasteiger charge is -2.19. The molecule has 0 bridgehead atoms. The molecule has 0 saturated heterocycles. The summed E-state index contributed by atoms with van der Waals surface area (Å²) in [7, 11) is 0. The number of nitrogens with zero attached hydrogens (tertiary/aromatic N) is 1. The number of rotatable bonds is 1. The summed E-state index contributed by atoms with van der Waals surface area (Å²) >= 11 is 0. The number of nitrogens with one attached hydrogen (secondary N) is 1. The fourth-order valence-corrected chi connectivity index (χ4v) is 3.88. The molecule has 27 heavy (non-hydrogen) atoms. The third-order valence-corrected chi connectivity index (χ3v) is 5.18. The maximum Gasteiger partial charge on any atom is 0.0733 e. The van der Waals surface area contributed by atoms with Gasteiger partial charge in [-0.1, -0.05) is 90.1 Å². The van der Waals surface area contributed by atoms with E-state index in [4.69, 9.17) is 4.99 Å². The molecule has 0 unspecified atom stereocenters. The molecular formula is C25H28N2. The summed E-state index contributed by atoms with van der Waals surface area (Å²) in [5, 5.41) is 2.55. The van der Waals surface area contributed by atoms with Crippen LogP contribution in [0, 0.1) is 5.41 Å². The van der Waals surface area contributed by atoms with Crippen molar-refractivity contribution in [1.29, 1.82) is 0 Å². The molecule has 1 aliphatic heterocycles. The smallest absolute Gasteiger partial charge is 0.0733 e. The van der Waals surface area contributed by atoms with Crippen molar-refractivity contribution in [2.75, 3.05) is 0 Å². The van der Waals surface area contributed by atoms with Gasteiger partial charge in [0.1, 0.15) is 0 Å². The van der Waals surface area contributed by atoms with Gasteiger partial charge in [0, 0.05) is 44.1 Å². The van der Waals surface area contributed by atoms with Crippen LogP contribution in [0.15, 0.2) is 53.5 Å². The summed E-state index contributed by atoms with van der Waals surface area (Å²) in [4.78, 5) is 8.75. The number of hydrogen-bond acceptors (Lipinski definition) is 1. The average Bonchev–Trinajstić information content (AvgIpc) is 3.15. The largest absolute Gasteiger partial charge is 0.357 e. The second kappa shape index (κ2) is 5.95. The van der Waals surface area contributed by atoms with Gasteiger partial charge in [-0.2, -0.15) is 0 Å². The molecular weight excluding hydrogens is 328 g/mol. The van der Waals surface area contributed by atoms with Gasteiger partial charge in [-0.05, 0) is 6.08 Å². The number of H-pyrrole nitrogens is 1. The fourth-order valence-electron chi connectivity index (χ4n) is 3.88. The van der Waals surface area contributed by atoms with Gasteiger partial charge < -0.3 is 4.98 Å². The molecule has 138 valence electrons. The Morgan fingerprint density at radius 2 is 1.33 bits per heavy atom. The predicted octanol–water partition coefficient (Wildman–Crippen LogP) is 6.81. The number of fused-ring (bicyclic) bond motifs is 2. The van der Waals surface area contributed by atoms with Crippen LogP contribution in [0.4, 0.5) is 0 Å². The standard InChI is InChI=1S/C25H28N2/c1-24(2,3)22-18-13-9-7-11-16(18)20(26-22)15-21-17-12-8-10-14-19(17)23(27-21)25(4,5)6/h7-15,26H,1-6H3. The third kappa shape index (κ3) is 3.03. The minimum atomic E-state index is 0.0140. The Labute approximate surface area is 162 Å². The first-order valence-electron chi connectivity index (χ1n) is 9.68. The molecule has 2 aromatic carbocycles. The molecule has 0 atom stereocenters. The molecule has 1 N–H and O–H groups in total. The zero-order chi connectivity index (χ0) is 19.4. The van der Waals surface area contributed by atoms with Crippen molar-refractivity contribution in [3.8, 4) is 0 Å². The highest BCUT2D eigenvalue weighted by Gasteiger charge is 2.29. The van der Waals surface area contributed by atoms with Gasteiger partial charge in [-0.3, -0.25) is 4.99 Å². The first-order chi connectivity index (χ1) is 12.7. The summed E-state index contributed by atoms with van der Waals surface area (Å²) in [6, 6.07) is 17.2. The molecule has 0 radical (unpaired) electrons. The minimum Gasteiger partial charge on any atom is -0.357 e. The van der Waals surface area contributed by atoms with Crippen LogP contribution >= 0.6 is 0 Å². The Bertz CT molecular complexity index is 1080. The van der Waals surface area contributed by atoms with Crippen molar-refractivity contribution >= 4 is 28.3 Å². The maximum absolute atomic E-state index is 5.06. The lowest BCUT2D eigenvalue weighted by Crippen LogP contribution is -2.19. The highest BCUT2D eigenvalue weighted by atomic mass is 14.8. The van der Waals surface area contributed by atoms with Crippen molar-refractivity contribution < 1.29 is 0 Å². The molecule has 2 heteroatoms. The lowest BCUT2D eigenvalue weighted by molar-refractivity contribution is 0.577. The van der Waals surface area contributed by atoms with E-state index >= 15 is 0 Å². The van der Waals surface area contributed by atoms with E-state index in [0.717, 1.165) is 17.1 Å². The van der Waals surface area contributed by atoms with E-state index in [-0.39, 0.29) is 10.8 Å². The van der Waals surface area contributed by atoms with E-state index in [1.807, 2.05) is 0 Å². The van der Waals surface area contributed by atoms with Crippen molar-refractivity contribution in [3.63, 3.8) is 0 Å². The molecule has 4 rings (SSSR count). The quantitative estimate of drug-likeness (QED) is 0.496. The molecule has 2 nitrogen and oxygen atoms in total. The summed E-state index contributed by atoms with van der Waals surface area (Å²) < 4.78 is 0. The zero-order valence-corrected chi connectivity index (χ0v) is 17.1. The van der Waals surface area contributed by atoms with Gasteiger partial charge in [0.15, 0.2) is 0 Å². The third-order valence-electron chi connectivity index (χ3n) is 5.18. The molecule has 1 aromatic heterocycles. The molecule has 0 fully saturated rings. The summed E-state index contributed by atoms with van der Waals surface area (Å²) in [5.74, 6) is 0. The fraction of sp³-hybridized carbons (Fsp3) is 0.320. The van der Waals surface area contributed by atoms with Crippen molar-refractivity contribution in [2.24, 2.45) is 10.4 Å². The van der Waals surface area contributed by atoms with Crippen molar-refractivity contribution in [2.45, 2.75) is 47.0 Å². The highest BCUT2D eigenvalue weighted by molar-refractivity contribution is 6.16. The number of benzene rings is 2. The Morgan fingerprint density at radius 3 is 1.96 bits per heavy atom. The van der Waals surface area contributed by atoms with Gasteiger partial charge in [0.25, 0.3) is 0 Å². The molecule has 1 aliphatic rings. The van der Waals surface area contributed by atoms with E-state index in [0.29, 0.717) is 0 Å². The van der Waals surface area contributed by atoms with Crippen LogP contribution in [0.2, 0.25) is 0 Å². The topological polar surface area (TPSA) is 28.1 Å². The summed E-state index contributed by atoms with van der Waals surface area (Å²) in [6.45, 7) is 13.4. The Hall–Kier alpha value is -2.61. The Balaban J connectivity index is 1.94. The Morgan fingerprint density at radius 1 is 0.741 bits per heavy atom. The van der Waals surface area contributed by atoms with Gasteiger partial charge in [-0.25, -0.2) is 0 Å². The average molecular weight is 357 g/mol. The normalized spacial score (nSPS) is 16.1. The van der Waals surface area contributed by atoms with Crippen LogP contribution in [0.1, 0.15) is 64.1 Å². The number of aliphatic imine (C=N–C) groups is 1. The van der Waals surface area contributed by atoms with Crippen LogP contribution in [0.5, 0.6) is 0 Å². The van der Waals surface area contributed by atoms with Gasteiger partial charge in [-0.15, -0.1) is 0 Å². The predicted molar refractivity (Wildman–Crippen MR) is 117 cm³/mol. The van der Waals surface area contributed by atoms with Crippen LogP contribution in [-0.4, -0.2) is 10.7 Å². The summed E-state index contributed by atoms with van der Waals surface area (Å²) in [5.41, 5.74) is 7.17. The van der Waals surface area contributed by atoms with Crippen LogP contribution in [0.3, 0.4) is 0 Å². The first-order valence-corrected chi connectivity index (χ1v) is 9.68. The number of aromatic nitrogens is 1. The first kappa shape index (κ1) is 17.8. The maximum atomic E-state index is 5.06. The molecule has 2 heterocycles. The van der Waals surface area contributed by atoms with E-state index in [1.165, 1.54) is 27.6 Å². The molecule has 0 aliphatic carbocycles. The lowest BCUT2D eigenvalue weighted by atomic mass is 9.85. The minimum absolute atomic E-state index is 0.0140. The van der Waals surface area contributed by atoms with E-state index in [2.05, 4.69) is 101 Å². The Kier molecular flexibility index (Phi) is 3.92. The van der Waals surface area contributed by atoms with Crippen molar-refractivity contribution in [3.05, 3.63) is 71.0 Å². The SMILES string of the molecule is CC(C)(C)C1=NC(=Cc2[nH]c(C(C)(C)C)c3ccccc23)c2ccccc21. The van der Waals surface area contributed by atoms with Crippen LogP contribution < -0.4 is 0 Å². The molecule has 3 aromatic rings. The van der Waals surface area contributed by atoms with E-state index < -0.39 is 0 Å². The second-order valence-electron chi connectivity index (χ2n) is 9.49. The second-order valence-corrected chi connectivity index (χ2v) is 9.49. The van der Waals surface area contributed by atoms with Crippen LogP contribution in [0.25, 0.3) is 22.5 Å². The van der Waals surface area contributed by atoms with Gasteiger partial charge >= 0.3 is 0 Å². The van der Waals surface area contributed by atoms with E-state index in [9.17, 15) is 0 Å². The monoisotopic (exact) mass is 356 g/mol. The van der Waals surface area contributed by atoms with Crippen LogP contribution in [-0.2, 0) is 5.41 Å². The molecule has 0 amide bonds. The van der Waals surface area contributed by atoms with Gasteiger partial charge in [0.05, 0.1) is 11.4 Å². The molecule has 0 saturated carbocycles. The number of aromatic amines is 1. The van der Waals surface area contributed by atoms with Crippen molar-refractivity contribution in [1.82, 2.24) is 4.98 Å². The van der Waals surface area contributed by atoms with E-state index in [1.54, 1.807) is 0 Å². The highest BCUT2D eigenvalue weighted by Crippen LogP contribution is 2.38. The molecule has 0 spiro atoms. The van der Waals surface area contributed by atoms with Gasteiger partial charge in [0.2, 0.25) is 0 Å².